The van der Waals surface area contributed by atoms with Crippen LogP contribution in [0.1, 0.15) is 17.2 Å². The Morgan fingerprint density at radius 1 is 1.14 bits per heavy atom. The summed E-state index contributed by atoms with van der Waals surface area (Å²) in [6, 6.07) is 16.9. The van der Waals surface area contributed by atoms with Gasteiger partial charge in [0.2, 0.25) is 5.91 Å². The SMILES string of the molecule is NC1CO[C@@H]2[C@@H](C(=O)C(NC(=O)OCc3ccccc3)c3ccccc3)C(=O)N12. The molecule has 2 fully saturated rings. The highest BCUT2D eigenvalue weighted by atomic mass is 16.5. The van der Waals surface area contributed by atoms with Gasteiger partial charge in [0.15, 0.2) is 12.0 Å². The number of amides is 2. The number of fused-ring (bicyclic) bond motifs is 1. The Balaban J connectivity index is 1.48. The summed E-state index contributed by atoms with van der Waals surface area (Å²) in [5.41, 5.74) is 7.20. The molecule has 0 aliphatic carbocycles. The van der Waals surface area contributed by atoms with Gasteiger partial charge in [-0.2, -0.15) is 0 Å². The Morgan fingerprint density at radius 3 is 2.48 bits per heavy atom. The predicted octanol–water partition coefficient (Wildman–Crippen LogP) is 1.32. The van der Waals surface area contributed by atoms with E-state index in [2.05, 4.69) is 5.32 Å². The highest BCUT2D eigenvalue weighted by Crippen LogP contribution is 2.37. The molecule has 0 bridgehead atoms. The van der Waals surface area contributed by atoms with Crippen LogP contribution in [-0.4, -0.2) is 41.7 Å². The molecule has 2 aliphatic rings. The molecule has 8 heteroatoms. The van der Waals surface area contributed by atoms with E-state index in [0.717, 1.165) is 5.56 Å². The molecule has 2 amide bonds. The van der Waals surface area contributed by atoms with Crippen molar-refractivity contribution < 1.29 is 23.9 Å². The Morgan fingerprint density at radius 2 is 1.79 bits per heavy atom. The average Bonchev–Trinajstić information content (AvgIpc) is 3.07. The third-order valence-electron chi connectivity index (χ3n) is 5.07. The zero-order chi connectivity index (χ0) is 20.4. The fourth-order valence-electron chi connectivity index (χ4n) is 3.58. The van der Waals surface area contributed by atoms with Crippen molar-refractivity contribution in [1.82, 2.24) is 10.2 Å². The number of carbonyl (C=O) groups is 3. The molecule has 2 unspecified atom stereocenters. The number of β-lactam (4-membered cyclic amide) rings is 1. The summed E-state index contributed by atoms with van der Waals surface area (Å²) in [5.74, 6) is -1.83. The molecule has 0 saturated carbocycles. The second-order valence-corrected chi connectivity index (χ2v) is 6.97. The maximum atomic E-state index is 13.2. The molecule has 8 nitrogen and oxygen atoms in total. The molecular formula is C21H21N3O5. The summed E-state index contributed by atoms with van der Waals surface area (Å²) in [5, 5.41) is 2.60. The number of hydrogen-bond acceptors (Lipinski definition) is 6. The van der Waals surface area contributed by atoms with Crippen LogP contribution in [0, 0.1) is 5.92 Å². The van der Waals surface area contributed by atoms with Gasteiger partial charge >= 0.3 is 6.09 Å². The van der Waals surface area contributed by atoms with Crippen LogP contribution in [0.2, 0.25) is 0 Å². The Labute approximate surface area is 167 Å². The molecule has 2 aromatic carbocycles. The van der Waals surface area contributed by atoms with Crippen LogP contribution in [0.5, 0.6) is 0 Å². The van der Waals surface area contributed by atoms with Crippen molar-refractivity contribution in [3.8, 4) is 0 Å². The first-order valence-electron chi connectivity index (χ1n) is 9.31. The number of ether oxygens (including phenoxy) is 2. The topological polar surface area (TPSA) is 111 Å². The zero-order valence-corrected chi connectivity index (χ0v) is 15.6. The number of alkyl carbamates (subject to hydrolysis) is 1. The van der Waals surface area contributed by atoms with E-state index in [1.54, 1.807) is 30.3 Å². The molecule has 2 heterocycles. The van der Waals surface area contributed by atoms with Gasteiger partial charge < -0.3 is 20.5 Å². The normalized spacial score (nSPS) is 23.7. The summed E-state index contributed by atoms with van der Waals surface area (Å²) in [6.07, 6.45) is -1.97. The zero-order valence-electron chi connectivity index (χ0n) is 15.6. The van der Waals surface area contributed by atoms with Gasteiger partial charge in [-0.15, -0.1) is 0 Å². The molecule has 4 rings (SSSR count). The molecule has 2 aliphatic heterocycles. The predicted molar refractivity (Wildman–Crippen MR) is 102 cm³/mol. The number of hydrogen-bond donors (Lipinski definition) is 2. The van der Waals surface area contributed by atoms with Gasteiger partial charge in [0.1, 0.15) is 24.7 Å². The third-order valence-corrected chi connectivity index (χ3v) is 5.07. The van der Waals surface area contributed by atoms with Crippen molar-refractivity contribution in [2.75, 3.05) is 6.61 Å². The summed E-state index contributed by atoms with van der Waals surface area (Å²) in [4.78, 5) is 39.3. The van der Waals surface area contributed by atoms with E-state index in [0.29, 0.717) is 5.56 Å². The van der Waals surface area contributed by atoms with E-state index >= 15 is 0 Å². The summed E-state index contributed by atoms with van der Waals surface area (Å²) in [6.45, 7) is 0.252. The molecule has 2 aromatic rings. The van der Waals surface area contributed by atoms with E-state index in [4.69, 9.17) is 15.2 Å². The third kappa shape index (κ3) is 3.72. The van der Waals surface area contributed by atoms with E-state index < -0.39 is 36.2 Å². The number of carbonyl (C=O) groups excluding carboxylic acids is 3. The van der Waals surface area contributed by atoms with Crippen molar-refractivity contribution in [2.24, 2.45) is 11.7 Å². The van der Waals surface area contributed by atoms with Crippen LogP contribution in [0.15, 0.2) is 60.7 Å². The minimum absolute atomic E-state index is 0.0686. The molecule has 4 atom stereocenters. The van der Waals surface area contributed by atoms with E-state index in [1.807, 2.05) is 30.3 Å². The minimum Gasteiger partial charge on any atom is -0.445 e. The number of ketones is 1. The number of nitrogens with two attached hydrogens (primary N) is 1. The number of nitrogens with one attached hydrogen (secondary N) is 1. The van der Waals surface area contributed by atoms with Gasteiger partial charge in [-0.3, -0.25) is 14.5 Å². The van der Waals surface area contributed by atoms with Gasteiger partial charge in [0.05, 0.1) is 6.61 Å². The van der Waals surface area contributed by atoms with Crippen LogP contribution >= 0.6 is 0 Å². The molecule has 0 spiro atoms. The number of nitrogens with zero attached hydrogens (tertiary/aromatic N) is 1. The fourth-order valence-corrected chi connectivity index (χ4v) is 3.58. The van der Waals surface area contributed by atoms with Gasteiger partial charge in [-0.25, -0.2) is 4.79 Å². The van der Waals surface area contributed by atoms with Crippen LogP contribution in [0.3, 0.4) is 0 Å². The quantitative estimate of drug-likeness (QED) is 0.564. The summed E-state index contributed by atoms with van der Waals surface area (Å²) in [7, 11) is 0. The van der Waals surface area contributed by atoms with Crippen LogP contribution < -0.4 is 11.1 Å². The lowest BCUT2D eigenvalue weighted by Gasteiger charge is -2.42. The molecule has 150 valence electrons. The van der Waals surface area contributed by atoms with Crippen LogP contribution in [0.4, 0.5) is 4.79 Å². The molecular weight excluding hydrogens is 374 g/mol. The average molecular weight is 395 g/mol. The lowest BCUT2D eigenvalue weighted by atomic mass is 9.85. The van der Waals surface area contributed by atoms with Crippen LogP contribution in [0.25, 0.3) is 0 Å². The first-order chi connectivity index (χ1) is 14.1. The summed E-state index contributed by atoms with van der Waals surface area (Å²) < 4.78 is 10.7. The van der Waals surface area contributed by atoms with Crippen molar-refractivity contribution in [1.29, 1.82) is 0 Å². The standard InChI is InChI=1S/C21H21N3O5/c22-15-12-28-20-16(19(26)24(15)20)18(25)17(14-9-5-2-6-10-14)23-21(27)29-11-13-7-3-1-4-8-13/h1-10,15-17,20H,11-12,22H2,(H,23,27)/t15?,16-,17?,20+/m0/s1. The second kappa shape index (κ2) is 8.02. The van der Waals surface area contributed by atoms with E-state index in [9.17, 15) is 14.4 Å². The Hall–Kier alpha value is -3.23. The fraction of sp³-hybridized carbons (Fsp3) is 0.286. The van der Waals surface area contributed by atoms with Crippen molar-refractivity contribution in [2.45, 2.75) is 25.0 Å². The first kappa shape index (κ1) is 19.1. The van der Waals surface area contributed by atoms with Gasteiger partial charge in [-0.1, -0.05) is 60.7 Å². The van der Waals surface area contributed by atoms with Gasteiger partial charge in [0, 0.05) is 0 Å². The monoisotopic (exact) mass is 395 g/mol. The van der Waals surface area contributed by atoms with Crippen molar-refractivity contribution in [3.05, 3.63) is 71.8 Å². The molecule has 0 radical (unpaired) electrons. The lowest BCUT2D eigenvalue weighted by Crippen LogP contribution is -2.66. The van der Waals surface area contributed by atoms with Crippen LogP contribution in [-0.2, 0) is 25.7 Å². The highest BCUT2D eigenvalue weighted by molar-refractivity contribution is 6.09. The van der Waals surface area contributed by atoms with Gasteiger partial charge in [-0.05, 0) is 11.1 Å². The van der Waals surface area contributed by atoms with E-state index in [-0.39, 0.29) is 19.1 Å². The summed E-state index contributed by atoms with van der Waals surface area (Å²) >= 11 is 0. The maximum absolute atomic E-state index is 13.2. The smallest absolute Gasteiger partial charge is 0.408 e. The van der Waals surface area contributed by atoms with Crippen molar-refractivity contribution in [3.63, 3.8) is 0 Å². The number of benzene rings is 2. The van der Waals surface area contributed by atoms with E-state index in [1.165, 1.54) is 4.90 Å². The number of rotatable bonds is 6. The Kier molecular flexibility index (Phi) is 5.28. The lowest BCUT2D eigenvalue weighted by molar-refractivity contribution is -0.177. The highest BCUT2D eigenvalue weighted by Gasteiger charge is 2.59. The Bertz CT molecular complexity index is 905. The maximum Gasteiger partial charge on any atom is 0.408 e. The second-order valence-electron chi connectivity index (χ2n) is 6.97. The van der Waals surface area contributed by atoms with Crippen molar-refractivity contribution >= 4 is 17.8 Å². The largest absolute Gasteiger partial charge is 0.445 e. The van der Waals surface area contributed by atoms with Gasteiger partial charge in [0.25, 0.3) is 0 Å². The molecule has 0 aromatic heterocycles. The molecule has 29 heavy (non-hydrogen) atoms. The molecule has 3 N–H and O–H groups in total. The molecule has 2 saturated heterocycles. The minimum atomic E-state index is -1.03. The first-order valence-corrected chi connectivity index (χ1v) is 9.31. The number of Topliss-reactive ketones (excluding diaryl/α,β-unsaturated/α-hetero) is 1.